The third kappa shape index (κ3) is 13.9. The molecule has 4 aliphatic rings. The van der Waals surface area contributed by atoms with E-state index in [-0.39, 0.29) is 19.1 Å². The number of ether oxygens (including phenoxy) is 14. The van der Waals surface area contributed by atoms with Crippen LogP contribution >= 0.6 is 0 Å². The number of unbranched alkanes of at least 4 members (excludes halogenated alkanes) is 2. The number of rotatable bonds is 22. The van der Waals surface area contributed by atoms with Gasteiger partial charge >= 0.3 is 0 Å². The van der Waals surface area contributed by atoms with E-state index in [1.165, 1.54) is 6.92 Å². The number of carbonyl (C=O) groups is 1. The van der Waals surface area contributed by atoms with Crippen molar-refractivity contribution >= 4 is 23.0 Å². The molecule has 2 aromatic carbocycles. The topological polar surface area (TPSA) is 183 Å². The Morgan fingerprint density at radius 1 is 0.831 bits per heavy atom. The van der Waals surface area contributed by atoms with E-state index in [9.17, 15) is 4.79 Å². The van der Waals surface area contributed by atoms with Crippen molar-refractivity contribution in [2.24, 2.45) is 10.2 Å². The standard InChI is InChI=1S/C47H71N3O15/c1-28-17-22-33(32(25-28)50-49-31-20-18-30(19-21-31)48-29(2)51)55-23-15-14-16-24-56-40-39-37(62-46(7,8)64-39)34(26-57-44(3,4)54-13)59-43(40)60-36(35-27-58-45(5,6)61-35)38-41(42(52-11)53-12)65-47(9,10)63-38/h17-22,25,34-43H,14-16,23-24,26-27H2,1-13H3,(H,48,51)/t34-,35-,36-,37+,38+,39+,40-,41-,43+/m1/s1. The van der Waals surface area contributed by atoms with E-state index in [1.54, 1.807) is 45.6 Å². The van der Waals surface area contributed by atoms with Gasteiger partial charge in [-0.25, -0.2) is 0 Å². The van der Waals surface area contributed by atoms with Gasteiger partial charge in [-0.2, -0.15) is 5.11 Å². The Kier molecular flexibility index (Phi) is 17.2. The Hall–Kier alpha value is -3.21. The number of carbonyl (C=O) groups excluding carboxylic acids is 1. The molecule has 0 saturated carbocycles. The molecule has 4 heterocycles. The molecule has 0 aromatic heterocycles. The van der Waals surface area contributed by atoms with E-state index in [1.807, 2.05) is 80.5 Å². The quantitative estimate of drug-likeness (QED) is 0.0691. The minimum atomic E-state index is -1.02. The van der Waals surface area contributed by atoms with E-state index in [2.05, 4.69) is 15.5 Å². The fourth-order valence-corrected chi connectivity index (χ4v) is 8.19. The summed E-state index contributed by atoms with van der Waals surface area (Å²) in [6.45, 7) is 19.3. The zero-order chi connectivity index (χ0) is 47.2. The molecule has 4 fully saturated rings. The number of hydrogen-bond donors (Lipinski definition) is 1. The lowest BCUT2D eigenvalue weighted by atomic mass is 9.98. The van der Waals surface area contributed by atoms with Gasteiger partial charge in [-0.05, 0) is 124 Å². The molecule has 4 aliphatic heterocycles. The number of azo groups is 1. The SMILES string of the molecule is COC(OC)[C@@H]1OC(C)(C)O[C@H]1[C@H](O[C@@H]1O[C@H](COC(C)(C)OC)[C@@H]2OC(C)(C)O[C@@H]2[C@H]1OCCCCCOc1ccc(C)cc1N=Nc1ccc(NC(C)=O)cc1)[C@H]1COC(C)(C)O1. The molecule has 9 atom stereocenters. The summed E-state index contributed by atoms with van der Waals surface area (Å²) in [5.41, 5.74) is 2.98. The summed E-state index contributed by atoms with van der Waals surface area (Å²) in [5, 5.41) is 11.6. The number of fused-ring (bicyclic) bond motifs is 1. The summed E-state index contributed by atoms with van der Waals surface area (Å²) in [7, 11) is 4.68. The van der Waals surface area contributed by atoms with Gasteiger partial charge in [0.05, 0.1) is 25.5 Å². The minimum Gasteiger partial charge on any atom is -0.491 e. The Labute approximate surface area is 383 Å². The minimum absolute atomic E-state index is 0.111. The summed E-state index contributed by atoms with van der Waals surface area (Å²) < 4.78 is 88.7. The number of benzene rings is 2. The van der Waals surface area contributed by atoms with Gasteiger partial charge in [0.15, 0.2) is 35.7 Å². The largest absolute Gasteiger partial charge is 0.491 e. The van der Waals surface area contributed by atoms with E-state index in [0.29, 0.717) is 42.4 Å². The third-order valence-corrected chi connectivity index (χ3v) is 11.4. The van der Waals surface area contributed by atoms with E-state index < -0.39 is 84.6 Å². The molecule has 0 bridgehead atoms. The van der Waals surface area contributed by atoms with E-state index >= 15 is 0 Å². The monoisotopic (exact) mass is 917 g/mol. The highest BCUT2D eigenvalue weighted by atomic mass is 16.8. The average molecular weight is 918 g/mol. The summed E-state index contributed by atoms with van der Waals surface area (Å²) in [6.07, 6.45) is -5.01. The molecule has 0 unspecified atom stereocenters. The highest BCUT2D eigenvalue weighted by Gasteiger charge is 2.60. The summed E-state index contributed by atoms with van der Waals surface area (Å²) in [5.74, 6) is -3.27. The maximum atomic E-state index is 11.4. The van der Waals surface area contributed by atoms with E-state index in [4.69, 9.17) is 66.3 Å². The van der Waals surface area contributed by atoms with Crippen LogP contribution in [0, 0.1) is 6.92 Å². The predicted molar refractivity (Wildman–Crippen MR) is 236 cm³/mol. The van der Waals surface area contributed by atoms with Gasteiger partial charge in [0.1, 0.15) is 60.3 Å². The number of nitrogens with one attached hydrogen (secondary N) is 1. The maximum absolute atomic E-state index is 11.4. The van der Waals surface area contributed by atoms with Crippen LogP contribution in [0.3, 0.4) is 0 Å². The van der Waals surface area contributed by atoms with Crippen molar-refractivity contribution in [3.63, 3.8) is 0 Å². The lowest BCUT2D eigenvalue weighted by Gasteiger charge is -2.44. The van der Waals surface area contributed by atoms with Crippen LogP contribution in [0.1, 0.15) is 87.1 Å². The van der Waals surface area contributed by atoms with Crippen molar-refractivity contribution in [1.29, 1.82) is 0 Å². The van der Waals surface area contributed by atoms with Gasteiger partial charge in [0, 0.05) is 40.5 Å². The van der Waals surface area contributed by atoms with Crippen molar-refractivity contribution in [3.8, 4) is 5.75 Å². The van der Waals surface area contributed by atoms with Gasteiger partial charge in [-0.1, -0.05) is 6.07 Å². The second kappa shape index (κ2) is 21.8. The van der Waals surface area contributed by atoms with Gasteiger partial charge in [0.2, 0.25) is 5.91 Å². The van der Waals surface area contributed by atoms with Crippen molar-refractivity contribution in [2.75, 3.05) is 53.1 Å². The maximum Gasteiger partial charge on any atom is 0.221 e. The highest BCUT2D eigenvalue weighted by Crippen LogP contribution is 2.43. The molecule has 364 valence electrons. The van der Waals surface area contributed by atoms with Crippen molar-refractivity contribution in [1.82, 2.24) is 0 Å². The fourth-order valence-electron chi connectivity index (χ4n) is 8.19. The van der Waals surface area contributed by atoms with Crippen molar-refractivity contribution in [2.45, 2.75) is 173 Å². The first-order chi connectivity index (χ1) is 30.7. The fraction of sp³-hybridized carbons (Fsp3) is 0.723. The van der Waals surface area contributed by atoms with Crippen LogP contribution in [-0.2, 0) is 66.4 Å². The van der Waals surface area contributed by atoms with Crippen LogP contribution in [0.4, 0.5) is 17.1 Å². The molecule has 18 heteroatoms. The van der Waals surface area contributed by atoms with Gasteiger partial charge in [0.25, 0.3) is 0 Å². The van der Waals surface area contributed by atoms with Crippen molar-refractivity contribution in [3.05, 3.63) is 48.0 Å². The Balaban J connectivity index is 1.16. The first kappa shape index (κ1) is 51.2. The molecular formula is C47H71N3O15. The summed E-state index contributed by atoms with van der Waals surface area (Å²) in [6, 6.07) is 12.9. The molecule has 1 amide bonds. The number of methoxy groups -OCH3 is 3. The number of aryl methyl sites for hydroxylation is 1. The van der Waals surface area contributed by atoms with Crippen LogP contribution in [0.2, 0.25) is 0 Å². The van der Waals surface area contributed by atoms with Crippen molar-refractivity contribution < 1.29 is 71.1 Å². The molecule has 0 radical (unpaired) electrons. The molecule has 0 aliphatic carbocycles. The van der Waals surface area contributed by atoms with E-state index in [0.717, 1.165) is 18.4 Å². The average Bonchev–Trinajstić information content (AvgIpc) is 3.89. The molecule has 4 saturated heterocycles. The smallest absolute Gasteiger partial charge is 0.221 e. The highest BCUT2D eigenvalue weighted by molar-refractivity contribution is 5.88. The number of hydrogen-bond acceptors (Lipinski definition) is 17. The molecule has 6 rings (SSSR count). The zero-order valence-electron chi connectivity index (χ0n) is 40.3. The number of nitrogens with zero attached hydrogens (tertiary/aromatic N) is 2. The molecular weight excluding hydrogens is 847 g/mol. The second-order valence-electron chi connectivity index (χ2n) is 18.5. The number of amides is 1. The lowest BCUT2D eigenvalue weighted by Crippen LogP contribution is -2.62. The van der Waals surface area contributed by atoms with Crippen LogP contribution in [0.15, 0.2) is 52.7 Å². The molecule has 18 nitrogen and oxygen atoms in total. The summed E-state index contributed by atoms with van der Waals surface area (Å²) >= 11 is 0. The second-order valence-corrected chi connectivity index (χ2v) is 18.5. The van der Waals surface area contributed by atoms with Gasteiger partial charge in [-0.3, -0.25) is 4.79 Å². The lowest BCUT2D eigenvalue weighted by molar-refractivity contribution is -0.330. The normalized spacial score (nSPS) is 28.8. The molecule has 2 aromatic rings. The van der Waals surface area contributed by atoms with Gasteiger partial charge < -0.3 is 71.6 Å². The van der Waals surface area contributed by atoms with Gasteiger partial charge in [-0.15, -0.1) is 5.11 Å². The Morgan fingerprint density at radius 2 is 1.51 bits per heavy atom. The molecule has 65 heavy (non-hydrogen) atoms. The number of anilines is 1. The summed E-state index contributed by atoms with van der Waals surface area (Å²) in [4.78, 5) is 11.4. The third-order valence-electron chi connectivity index (χ3n) is 11.4. The first-order valence-corrected chi connectivity index (χ1v) is 22.4. The van der Waals surface area contributed by atoms with Crippen LogP contribution < -0.4 is 10.1 Å². The first-order valence-electron chi connectivity index (χ1n) is 22.4. The predicted octanol–water partition coefficient (Wildman–Crippen LogP) is 7.62. The molecule has 1 N–H and O–H groups in total. The van der Waals surface area contributed by atoms with Crippen LogP contribution in [0.5, 0.6) is 5.75 Å². The molecule has 0 spiro atoms. The van der Waals surface area contributed by atoms with Crippen LogP contribution in [0.25, 0.3) is 0 Å². The zero-order valence-corrected chi connectivity index (χ0v) is 40.3. The Morgan fingerprint density at radius 3 is 2.17 bits per heavy atom. The Bertz CT molecular complexity index is 1870. The van der Waals surface area contributed by atoms with Crippen LogP contribution in [-0.4, -0.2) is 138 Å².